The van der Waals surface area contributed by atoms with E-state index in [1.807, 2.05) is 13.0 Å². The molecule has 0 N–H and O–H groups in total. The number of aryl methyl sites for hydroxylation is 2. The number of benzene rings is 1. The Morgan fingerprint density at radius 1 is 1.35 bits per heavy atom. The van der Waals surface area contributed by atoms with E-state index in [0.717, 1.165) is 25.0 Å². The fraction of sp³-hybridized carbons (Fsp3) is 0.500. The number of hydrogen-bond acceptors (Lipinski definition) is 1. The van der Waals surface area contributed by atoms with Gasteiger partial charge in [-0.15, -0.1) is 0 Å². The van der Waals surface area contributed by atoms with Crippen LogP contribution in [-0.2, 0) is 12.8 Å². The van der Waals surface area contributed by atoms with Gasteiger partial charge < -0.3 is 4.74 Å². The molecule has 0 heterocycles. The Labute approximate surface area is 106 Å². The van der Waals surface area contributed by atoms with Gasteiger partial charge in [0.15, 0.2) is 0 Å². The minimum Gasteiger partial charge on any atom is -0.486 e. The van der Waals surface area contributed by atoms with Gasteiger partial charge in [-0.2, -0.15) is 0 Å². The van der Waals surface area contributed by atoms with Crippen molar-refractivity contribution in [3.05, 3.63) is 41.5 Å². The molecule has 1 heteroatoms. The summed E-state index contributed by atoms with van der Waals surface area (Å²) in [5.41, 5.74) is 3.99. The Morgan fingerprint density at radius 2 is 2.06 bits per heavy atom. The van der Waals surface area contributed by atoms with Crippen molar-refractivity contribution < 1.29 is 4.74 Å². The molecule has 0 spiro atoms. The standard InChI is InChI=1S/C16H24O/c1-6-9-15-12(4)10-11-14(8-3)16(15)17-13(5)7-2/h7,10-11,13H,2,6,8-9H2,1,3-5H3. The Bertz CT molecular complexity index is 379. The zero-order chi connectivity index (χ0) is 12.8. The maximum atomic E-state index is 6.03. The molecule has 0 bridgehead atoms. The van der Waals surface area contributed by atoms with Crippen molar-refractivity contribution in [2.24, 2.45) is 0 Å². The van der Waals surface area contributed by atoms with Crippen LogP contribution >= 0.6 is 0 Å². The largest absolute Gasteiger partial charge is 0.486 e. The number of ether oxygens (including phenoxy) is 1. The second kappa shape index (κ2) is 6.48. The highest BCUT2D eigenvalue weighted by atomic mass is 16.5. The topological polar surface area (TPSA) is 9.23 Å². The summed E-state index contributed by atoms with van der Waals surface area (Å²) in [5.74, 6) is 1.08. The zero-order valence-electron chi connectivity index (χ0n) is 11.5. The summed E-state index contributed by atoms with van der Waals surface area (Å²) in [5, 5.41) is 0. The summed E-state index contributed by atoms with van der Waals surface area (Å²) in [4.78, 5) is 0. The summed E-state index contributed by atoms with van der Waals surface area (Å²) in [6.45, 7) is 12.4. The van der Waals surface area contributed by atoms with E-state index in [1.165, 1.54) is 16.7 Å². The quantitative estimate of drug-likeness (QED) is 0.658. The number of rotatable bonds is 6. The molecule has 94 valence electrons. The van der Waals surface area contributed by atoms with Gasteiger partial charge in [0.2, 0.25) is 0 Å². The smallest absolute Gasteiger partial charge is 0.126 e. The Hall–Kier alpha value is -1.24. The fourth-order valence-electron chi connectivity index (χ4n) is 1.99. The first-order valence-electron chi connectivity index (χ1n) is 6.54. The van der Waals surface area contributed by atoms with Crippen molar-refractivity contribution in [3.8, 4) is 5.75 Å². The van der Waals surface area contributed by atoms with Crippen molar-refractivity contribution in [2.75, 3.05) is 0 Å². The number of hydrogen-bond donors (Lipinski definition) is 0. The van der Waals surface area contributed by atoms with Crippen LogP contribution in [0, 0.1) is 6.92 Å². The molecule has 0 amide bonds. The fourth-order valence-corrected chi connectivity index (χ4v) is 1.99. The normalized spacial score (nSPS) is 12.2. The van der Waals surface area contributed by atoms with Gasteiger partial charge in [0.25, 0.3) is 0 Å². The lowest BCUT2D eigenvalue weighted by molar-refractivity contribution is 0.264. The van der Waals surface area contributed by atoms with E-state index in [9.17, 15) is 0 Å². The van der Waals surface area contributed by atoms with Crippen LogP contribution in [0.1, 0.15) is 43.9 Å². The maximum absolute atomic E-state index is 6.03. The Balaban J connectivity index is 3.18. The van der Waals surface area contributed by atoms with Gasteiger partial charge >= 0.3 is 0 Å². The van der Waals surface area contributed by atoms with Gasteiger partial charge in [-0.3, -0.25) is 0 Å². The second-order valence-corrected chi connectivity index (χ2v) is 4.51. The third-order valence-electron chi connectivity index (χ3n) is 3.09. The molecule has 0 aliphatic carbocycles. The summed E-state index contributed by atoms with van der Waals surface area (Å²) in [7, 11) is 0. The Kier molecular flexibility index (Phi) is 5.27. The third-order valence-corrected chi connectivity index (χ3v) is 3.09. The lowest BCUT2D eigenvalue weighted by Gasteiger charge is -2.19. The van der Waals surface area contributed by atoms with Gasteiger partial charge in [-0.1, -0.05) is 45.1 Å². The summed E-state index contributed by atoms with van der Waals surface area (Å²) >= 11 is 0. The molecular formula is C16H24O. The predicted molar refractivity (Wildman–Crippen MR) is 74.8 cm³/mol. The zero-order valence-corrected chi connectivity index (χ0v) is 11.5. The van der Waals surface area contributed by atoms with Crippen LogP contribution in [0.25, 0.3) is 0 Å². The summed E-state index contributed by atoms with van der Waals surface area (Å²) in [6.07, 6.45) is 5.15. The molecule has 1 rings (SSSR count). The molecule has 1 unspecified atom stereocenters. The molecule has 0 aromatic heterocycles. The SMILES string of the molecule is C=CC(C)Oc1c(CC)ccc(C)c1CCC. The first kappa shape index (κ1) is 13.8. The van der Waals surface area contributed by atoms with E-state index in [2.05, 4.69) is 39.5 Å². The molecule has 1 nitrogen and oxygen atoms in total. The van der Waals surface area contributed by atoms with E-state index in [0.29, 0.717) is 0 Å². The minimum atomic E-state index is 0.0673. The van der Waals surface area contributed by atoms with Crippen molar-refractivity contribution in [1.29, 1.82) is 0 Å². The highest BCUT2D eigenvalue weighted by molar-refractivity contribution is 5.46. The van der Waals surface area contributed by atoms with Gasteiger partial charge in [0, 0.05) is 0 Å². The van der Waals surface area contributed by atoms with E-state index in [-0.39, 0.29) is 6.10 Å². The molecule has 0 fully saturated rings. The first-order chi connectivity index (χ1) is 8.13. The lowest BCUT2D eigenvalue weighted by Crippen LogP contribution is -2.11. The molecule has 0 aliphatic rings. The molecule has 17 heavy (non-hydrogen) atoms. The van der Waals surface area contributed by atoms with Crippen molar-refractivity contribution >= 4 is 0 Å². The predicted octanol–water partition coefficient (Wildman–Crippen LogP) is 4.46. The average Bonchev–Trinajstić information content (AvgIpc) is 2.33. The molecule has 1 atom stereocenters. The monoisotopic (exact) mass is 232 g/mol. The van der Waals surface area contributed by atoms with Crippen molar-refractivity contribution in [2.45, 2.75) is 53.1 Å². The van der Waals surface area contributed by atoms with Crippen LogP contribution in [0.4, 0.5) is 0 Å². The van der Waals surface area contributed by atoms with Gasteiger partial charge in [0.05, 0.1) is 0 Å². The first-order valence-corrected chi connectivity index (χ1v) is 6.54. The molecular weight excluding hydrogens is 208 g/mol. The van der Waals surface area contributed by atoms with Crippen LogP contribution in [0.15, 0.2) is 24.8 Å². The van der Waals surface area contributed by atoms with E-state index in [1.54, 1.807) is 0 Å². The highest BCUT2D eigenvalue weighted by Crippen LogP contribution is 2.30. The van der Waals surface area contributed by atoms with Gasteiger partial charge in [-0.05, 0) is 43.4 Å². The third kappa shape index (κ3) is 3.36. The lowest BCUT2D eigenvalue weighted by atomic mass is 9.98. The molecule has 0 aliphatic heterocycles. The van der Waals surface area contributed by atoms with E-state index >= 15 is 0 Å². The van der Waals surface area contributed by atoms with Crippen LogP contribution in [-0.4, -0.2) is 6.10 Å². The van der Waals surface area contributed by atoms with Crippen molar-refractivity contribution in [3.63, 3.8) is 0 Å². The van der Waals surface area contributed by atoms with Crippen LogP contribution in [0.5, 0.6) is 5.75 Å². The van der Waals surface area contributed by atoms with E-state index in [4.69, 9.17) is 4.74 Å². The van der Waals surface area contributed by atoms with Crippen LogP contribution in [0.2, 0.25) is 0 Å². The van der Waals surface area contributed by atoms with E-state index < -0.39 is 0 Å². The highest BCUT2D eigenvalue weighted by Gasteiger charge is 2.12. The van der Waals surface area contributed by atoms with Crippen LogP contribution < -0.4 is 4.74 Å². The molecule has 1 aromatic carbocycles. The average molecular weight is 232 g/mol. The molecule has 0 saturated heterocycles. The van der Waals surface area contributed by atoms with Crippen LogP contribution in [0.3, 0.4) is 0 Å². The Morgan fingerprint density at radius 3 is 2.59 bits per heavy atom. The summed E-state index contributed by atoms with van der Waals surface area (Å²) in [6, 6.07) is 4.38. The van der Waals surface area contributed by atoms with Gasteiger partial charge in [0.1, 0.15) is 11.9 Å². The molecule has 1 aromatic rings. The summed E-state index contributed by atoms with van der Waals surface area (Å²) < 4.78 is 6.03. The van der Waals surface area contributed by atoms with Crippen molar-refractivity contribution in [1.82, 2.24) is 0 Å². The maximum Gasteiger partial charge on any atom is 0.126 e. The molecule has 0 saturated carbocycles. The van der Waals surface area contributed by atoms with Gasteiger partial charge in [-0.25, -0.2) is 0 Å². The molecule has 0 radical (unpaired) electrons. The second-order valence-electron chi connectivity index (χ2n) is 4.51. The minimum absolute atomic E-state index is 0.0673.